The first kappa shape index (κ1) is 17.1. The molecule has 1 rings (SSSR count). The summed E-state index contributed by atoms with van der Waals surface area (Å²) in [6.07, 6.45) is 5.03. The molecule has 0 fully saturated rings. The predicted octanol–water partition coefficient (Wildman–Crippen LogP) is 3.22. The van der Waals surface area contributed by atoms with E-state index in [0.717, 1.165) is 0 Å². The molecule has 2 heteroatoms. The fourth-order valence-corrected chi connectivity index (χ4v) is 2.23. The SMILES string of the molecule is CCCN(CCC)CCCc1ccc(C)cc1.O. The van der Waals surface area contributed by atoms with Gasteiger partial charge in [-0.05, 0) is 57.8 Å². The minimum Gasteiger partial charge on any atom is -0.412 e. The molecule has 1 aromatic rings. The van der Waals surface area contributed by atoms with Crippen LogP contribution in [0.5, 0.6) is 0 Å². The maximum absolute atomic E-state index is 2.59. The van der Waals surface area contributed by atoms with Gasteiger partial charge in [0.1, 0.15) is 0 Å². The molecule has 1 aromatic carbocycles. The topological polar surface area (TPSA) is 34.7 Å². The largest absolute Gasteiger partial charge is 0.412 e. The standard InChI is InChI=1S/C16H27N.H2O/c1-4-12-17(13-5-2)14-6-7-16-10-8-15(3)9-11-16;/h8-11H,4-7,12-14H2,1-3H3;1H2. The lowest BCUT2D eigenvalue weighted by Crippen LogP contribution is -2.26. The summed E-state index contributed by atoms with van der Waals surface area (Å²) < 4.78 is 0. The van der Waals surface area contributed by atoms with Crippen LogP contribution < -0.4 is 0 Å². The molecule has 0 aliphatic carbocycles. The molecule has 0 radical (unpaired) electrons. The number of aryl methyl sites for hydroxylation is 2. The zero-order valence-electron chi connectivity index (χ0n) is 12.2. The Labute approximate surface area is 112 Å². The number of hydrogen-bond acceptors (Lipinski definition) is 1. The Morgan fingerprint density at radius 1 is 0.889 bits per heavy atom. The summed E-state index contributed by atoms with van der Waals surface area (Å²) in [5.74, 6) is 0. The molecule has 0 unspecified atom stereocenters. The Balaban J connectivity index is 0.00000289. The summed E-state index contributed by atoms with van der Waals surface area (Å²) in [6.45, 7) is 10.4. The van der Waals surface area contributed by atoms with E-state index in [1.165, 1.54) is 56.4 Å². The fourth-order valence-electron chi connectivity index (χ4n) is 2.23. The van der Waals surface area contributed by atoms with Gasteiger partial charge in [0.2, 0.25) is 0 Å². The molecule has 2 N–H and O–H groups in total. The van der Waals surface area contributed by atoms with Crippen LogP contribution in [0.15, 0.2) is 24.3 Å². The number of hydrogen-bond donors (Lipinski definition) is 0. The highest BCUT2D eigenvalue weighted by molar-refractivity contribution is 5.21. The van der Waals surface area contributed by atoms with Gasteiger partial charge >= 0.3 is 0 Å². The van der Waals surface area contributed by atoms with Crippen molar-refractivity contribution in [3.63, 3.8) is 0 Å². The summed E-state index contributed by atoms with van der Waals surface area (Å²) in [5.41, 5.74) is 2.83. The molecule has 0 bridgehead atoms. The van der Waals surface area contributed by atoms with E-state index in [1.54, 1.807) is 0 Å². The van der Waals surface area contributed by atoms with E-state index in [2.05, 4.69) is 49.9 Å². The van der Waals surface area contributed by atoms with E-state index < -0.39 is 0 Å². The number of rotatable bonds is 8. The first-order valence-electron chi connectivity index (χ1n) is 7.04. The lowest BCUT2D eigenvalue weighted by molar-refractivity contribution is 0.271. The van der Waals surface area contributed by atoms with Gasteiger partial charge in [0, 0.05) is 0 Å². The summed E-state index contributed by atoms with van der Waals surface area (Å²) in [4.78, 5) is 2.59. The Morgan fingerprint density at radius 2 is 1.44 bits per heavy atom. The van der Waals surface area contributed by atoms with E-state index in [1.807, 2.05) is 0 Å². The second-order valence-corrected chi connectivity index (χ2v) is 4.93. The van der Waals surface area contributed by atoms with Crippen molar-refractivity contribution in [2.75, 3.05) is 19.6 Å². The van der Waals surface area contributed by atoms with Crippen LogP contribution in [0.4, 0.5) is 0 Å². The van der Waals surface area contributed by atoms with Crippen molar-refractivity contribution in [3.05, 3.63) is 35.4 Å². The molecule has 0 aromatic heterocycles. The van der Waals surface area contributed by atoms with Gasteiger partial charge in [0.25, 0.3) is 0 Å². The Kier molecular flexibility index (Phi) is 9.62. The molecule has 0 aliphatic heterocycles. The van der Waals surface area contributed by atoms with Crippen LogP contribution in [0.3, 0.4) is 0 Å². The molecule has 18 heavy (non-hydrogen) atoms. The van der Waals surface area contributed by atoms with E-state index in [-0.39, 0.29) is 5.48 Å². The normalized spacial score (nSPS) is 10.4. The van der Waals surface area contributed by atoms with Crippen LogP contribution in [0.1, 0.15) is 44.2 Å². The van der Waals surface area contributed by atoms with Crippen molar-refractivity contribution in [2.45, 2.75) is 46.5 Å². The average Bonchev–Trinajstić information content (AvgIpc) is 2.32. The van der Waals surface area contributed by atoms with Crippen LogP contribution in [0, 0.1) is 6.92 Å². The monoisotopic (exact) mass is 251 g/mol. The molecule has 0 atom stereocenters. The third-order valence-corrected chi connectivity index (χ3v) is 3.14. The second-order valence-electron chi connectivity index (χ2n) is 4.93. The van der Waals surface area contributed by atoms with Crippen molar-refractivity contribution in [1.29, 1.82) is 0 Å². The summed E-state index contributed by atoms with van der Waals surface area (Å²) in [5, 5.41) is 0. The van der Waals surface area contributed by atoms with Gasteiger partial charge in [0.15, 0.2) is 0 Å². The molecule has 0 saturated carbocycles. The summed E-state index contributed by atoms with van der Waals surface area (Å²) >= 11 is 0. The third kappa shape index (κ3) is 6.77. The van der Waals surface area contributed by atoms with Gasteiger partial charge in [-0.15, -0.1) is 0 Å². The highest BCUT2D eigenvalue weighted by Gasteiger charge is 2.02. The second kappa shape index (κ2) is 10.1. The summed E-state index contributed by atoms with van der Waals surface area (Å²) in [6, 6.07) is 8.95. The van der Waals surface area contributed by atoms with Gasteiger partial charge in [-0.2, -0.15) is 0 Å². The third-order valence-electron chi connectivity index (χ3n) is 3.14. The molecular formula is C16H29NO. The van der Waals surface area contributed by atoms with E-state index in [0.29, 0.717) is 0 Å². The molecule has 2 nitrogen and oxygen atoms in total. The van der Waals surface area contributed by atoms with Crippen LogP contribution in [0.25, 0.3) is 0 Å². The predicted molar refractivity (Wildman–Crippen MR) is 80.1 cm³/mol. The average molecular weight is 251 g/mol. The molecule has 104 valence electrons. The van der Waals surface area contributed by atoms with Crippen molar-refractivity contribution >= 4 is 0 Å². The van der Waals surface area contributed by atoms with E-state index in [9.17, 15) is 0 Å². The van der Waals surface area contributed by atoms with Crippen molar-refractivity contribution in [2.24, 2.45) is 0 Å². The van der Waals surface area contributed by atoms with Gasteiger partial charge in [-0.3, -0.25) is 0 Å². The van der Waals surface area contributed by atoms with Crippen molar-refractivity contribution in [3.8, 4) is 0 Å². The minimum absolute atomic E-state index is 0. The number of benzene rings is 1. The lowest BCUT2D eigenvalue weighted by Gasteiger charge is -2.20. The Hall–Kier alpha value is -0.860. The highest BCUT2D eigenvalue weighted by atomic mass is 16.0. The van der Waals surface area contributed by atoms with Crippen LogP contribution in [0.2, 0.25) is 0 Å². The molecule has 0 aliphatic rings. The number of nitrogens with zero attached hydrogens (tertiary/aromatic N) is 1. The van der Waals surface area contributed by atoms with Gasteiger partial charge in [-0.25, -0.2) is 0 Å². The van der Waals surface area contributed by atoms with Crippen molar-refractivity contribution in [1.82, 2.24) is 4.90 Å². The van der Waals surface area contributed by atoms with Gasteiger partial charge in [-0.1, -0.05) is 43.7 Å². The maximum Gasteiger partial charge on any atom is -0.00156 e. The van der Waals surface area contributed by atoms with E-state index in [4.69, 9.17) is 0 Å². The minimum atomic E-state index is 0. The zero-order chi connectivity index (χ0) is 12.5. The Morgan fingerprint density at radius 3 is 1.94 bits per heavy atom. The first-order valence-corrected chi connectivity index (χ1v) is 7.04. The zero-order valence-corrected chi connectivity index (χ0v) is 12.2. The van der Waals surface area contributed by atoms with Gasteiger partial charge in [0.05, 0.1) is 0 Å². The van der Waals surface area contributed by atoms with Crippen molar-refractivity contribution < 1.29 is 5.48 Å². The molecule has 0 saturated heterocycles. The smallest absolute Gasteiger partial charge is 0.00156 e. The molecular weight excluding hydrogens is 222 g/mol. The summed E-state index contributed by atoms with van der Waals surface area (Å²) in [7, 11) is 0. The Bertz CT molecular complexity index is 288. The van der Waals surface area contributed by atoms with Gasteiger partial charge < -0.3 is 10.4 Å². The van der Waals surface area contributed by atoms with Crippen LogP contribution >= 0.6 is 0 Å². The molecule has 0 amide bonds. The highest BCUT2D eigenvalue weighted by Crippen LogP contribution is 2.07. The lowest BCUT2D eigenvalue weighted by atomic mass is 10.1. The maximum atomic E-state index is 2.59. The molecule has 0 spiro atoms. The molecule has 0 heterocycles. The quantitative estimate of drug-likeness (QED) is 0.698. The van der Waals surface area contributed by atoms with Crippen LogP contribution in [-0.4, -0.2) is 30.0 Å². The first-order chi connectivity index (χ1) is 8.26. The fraction of sp³-hybridized carbons (Fsp3) is 0.625. The van der Waals surface area contributed by atoms with E-state index >= 15 is 0 Å². The van der Waals surface area contributed by atoms with Crippen LogP contribution in [-0.2, 0) is 6.42 Å².